The quantitative estimate of drug-likeness (QED) is 0.676. The number of aryl methyl sites for hydroxylation is 2. The number of anilines is 3. The first-order valence-electron chi connectivity index (χ1n) is 8.76. The molecule has 6 heteroatoms. The van der Waals surface area contributed by atoms with Crippen LogP contribution in [0.5, 0.6) is 5.75 Å². The minimum atomic E-state index is -0.280. The summed E-state index contributed by atoms with van der Waals surface area (Å²) in [6.45, 7) is 6.54. The van der Waals surface area contributed by atoms with Crippen molar-refractivity contribution in [1.29, 1.82) is 0 Å². The van der Waals surface area contributed by atoms with E-state index in [1.165, 1.54) is 0 Å². The van der Waals surface area contributed by atoms with Gasteiger partial charge in [0.2, 0.25) is 5.95 Å². The van der Waals surface area contributed by atoms with Crippen molar-refractivity contribution in [3.63, 3.8) is 0 Å². The molecule has 0 saturated heterocycles. The molecule has 2 aromatic carbocycles. The predicted molar refractivity (Wildman–Crippen MR) is 107 cm³/mol. The molecule has 0 radical (unpaired) electrons. The number of amides is 1. The number of hydrogen-bond donors (Lipinski definition) is 2. The van der Waals surface area contributed by atoms with E-state index < -0.39 is 0 Å². The average molecular weight is 362 g/mol. The number of nitrogens with one attached hydrogen (secondary N) is 2. The standard InChI is InChI=1S/C21H22N4O2/c1-4-27-18-7-5-16(6-8-18)24-21-22-10-9-19(25-21)20(26)23-17-12-14(2)11-15(3)13-17/h5-13H,4H2,1-3H3,(H,23,26)(H,22,24,25). The van der Waals surface area contributed by atoms with Gasteiger partial charge < -0.3 is 15.4 Å². The molecule has 0 unspecified atom stereocenters. The highest BCUT2D eigenvalue weighted by molar-refractivity contribution is 6.03. The van der Waals surface area contributed by atoms with E-state index in [0.717, 1.165) is 28.3 Å². The highest BCUT2D eigenvalue weighted by atomic mass is 16.5. The summed E-state index contributed by atoms with van der Waals surface area (Å²) in [5.74, 6) is 0.870. The zero-order valence-electron chi connectivity index (χ0n) is 15.6. The van der Waals surface area contributed by atoms with Crippen LogP contribution in [-0.4, -0.2) is 22.5 Å². The van der Waals surface area contributed by atoms with Crippen LogP contribution in [0.4, 0.5) is 17.3 Å². The SMILES string of the molecule is CCOc1ccc(Nc2nccc(C(=O)Nc3cc(C)cc(C)c3)n2)cc1. The van der Waals surface area contributed by atoms with Crippen LogP contribution in [0.2, 0.25) is 0 Å². The second kappa shape index (κ2) is 8.31. The Balaban J connectivity index is 1.71. The van der Waals surface area contributed by atoms with Crippen LogP contribution < -0.4 is 15.4 Å². The molecule has 3 rings (SSSR count). The van der Waals surface area contributed by atoms with Gasteiger partial charge in [-0.25, -0.2) is 9.97 Å². The third kappa shape index (κ3) is 5.04. The van der Waals surface area contributed by atoms with Crippen molar-refractivity contribution < 1.29 is 9.53 Å². The maximum Gasteiger partial charge on any atom is 0.274 e. The molecule has 0 spiro atoms. The molecule has 0 saturated carbocycles. The summed E-state index contributed by atoms with van der Waals surface area (Å²) in [6.07, 6.45) is 1.56. The topological polar surface area (TPSA) is 76.1 Å². The van der Waals surface area contributed by atoms with E-state index >= 15 is 0 Å². The van der Waals surface area contributed by atoms with Gasteiger partial charge in [-0.1, -0.05) is 6.07 Å². The zero-order chi connectivity index (χ0) is 19.2. The Kier molecular flexibility index (Phi) is 5.66. The van der Waals surface area contributed by atoms with Gasteiger partial charge in [-0.3, -0.25) is 4.79 Å². The lowest BCUT2D eigenvalue weighted by Gasteiger charge is -2.09. The third-order valence-corrected chi connectivity index (χ3v) is 3.79. The summed E-state index contributed by atoms with van der Waals surface area (Å²) in [7, 11) is 0. The number of carbonyl (C=O) groups excluding carboxylic acids is 1. The molecule has 27 heavy (non-hydrogen) atoms. The highest BCUT2D eigenvalue weighted by Crippen LogP contribution is 2.19. The fraction of sp³-hybridized carbons (Fsp3) is 0.190. The van der Waals surface area contributed by atoms with E-state index in [2.05, 4.69) is 26.7 Å². The number of rotatable bonds is 6. The first-order valence-corrected chi connectivity index (χ1v) is 8.76. The number of hydrogen-bond acceptors (Lipinski definition) is 5. The lowest BCUT2D eigenvalue weighted by Crippen LogP contribution is -2.15. The van der Waals surface area contributed by atoms with E-state index in [4.69, 9.17) is 4.74 Å². The third-order valence-electron chi connectivity index (χ3n) is 3.79. The molecule has 0 aliphatic heterocycles. The van der Waals surface area contributed by atoms with Crippen molar-refractivity contribution in [3.8, 4) is 5.75 Å². The molecule has 6 nitrogen and oxygen atoms in total. The van der Waals surface area contributed by atoms with Crippen molar-refractivity contribution in [2.45, 2.75) is 20.8 Å². The first kappa shape index (κ1) is 18.4. The minimum Gasteiger partial charge on any atom is -0.494 e. The number of benzene rings is 2. The summed E-state index contributed by atoms with van der Waals surface area (Å²) in [5, 5.41) is 5.97. The van der Waals surface area contributed by atoms with E-state index in [-0.39, 0.29) is 11.6 Å². The number of aromatic nitrogens is 2. The van der Waals surface area contributed by atoms with Gasteiger partial charge in [0, 0.05) is 17.6 Å². The van der Waals surface area contributed by atoms with E-state index in [0.29, 0.717) is 12.6 Å². The van der Waals surface area contributed by atoms with Crippen LogP contribution in [0.25, 0.3) is 0 Å². The van der Waals surface area contributed by atoms with Gasteiger partial charge in [0.1, 0.15) is 11.4 Å². The Morgan fingerprint density at radius 1 is 1.00 bits per heavy atom. The Hall–Kier alpha value is -3.41. The molecule has 138 valence electrons. The normalized spacial score (nSPS) is 10.3. The smallest absolute Gasteiger partial charge is 0.274 e. The van der Waals surface area contributed by atoms with Gasteiger partial charge in [-0.2, -0.15) is 0 Å². The minimum absolute atomic E-state index is 0.280. The summed E-state index contributed by atoms with van der Waals surface area (Å²) < 4.78 is 5.42. The van der Waals surface area contributed by atoms with Crippen LogP contribution in [0.15, 0.2) is 54.7 Å². The maximum absolute atomic E-state index is 12.5. The van der Waals surface area contributed by atoms with Crippen LogP contribution in [0.1, 0.15) is 28.5 Å². The van der Waals surface area contributed by atoms with Crippen molar-refractivity contribution in [2.75, 3.05) is 17.2 Å². The summed E-state index contributed by atoms with van der Waals surface area (Å²) in [4.78, 5) is 21.0. The van der Waals surface area contributed by atoms with Gasteiger partial charge in [-0.15, -0.1) is 0 Å². The maximum atomic E-state index is 12.5. The van der Waals surface area contributed by atoms with Crippen LogP contribution in [0.3, 0.4) is 0 Å². The molecular formula is C21H22N4O2. The number of nitrogens with zero attached hydrogens (tertiary/aromatic N) is 2. The fourth-order valence-electron chi connectivity index (χ4n) is 2.72. The summed E-state index contributed by atoms with van der Waals surface area (Å²) in [5.41, 5.74) is 4.02. The molecule has 1 aromatic heterocycles. The van der Waals surface area contributed by atoms with Gasteiger partial charge in [-0.05, 0) is 74.4 Å². The molecule has 1 heterocycles. The molecule has 0 bridgehead atoms. The Morgan fingerprint density at radius 3 is 2.37 bits per heavy atom. The van der Waals surface area contributed by atoms with Crippen molar-refractivity contribution >= 4 is 23.2 Å². The van der Waals surface area contributed by atoms with Gasteiger partial charge in [0.15, 0.2) is 0 Å². The van der Waals surface area contributed by atoms with E-state index in [1.807, 2.05) is 57.2 Å². The Bertz CT molecular complexity index is 919. The summed E-state index contributed by atoms with van der Waals surface area (Å²) in [6, 6.07) is 15.0. The summed E-state index contributed by atoms with van der Waals surface area (Å²) >= 11 is 0. The van der Waals surface area contributed by atoms with Gasteiger partial charge in [0.25, 0.3) is 5.91 Å². The van der Waals surface area contributed by atoms with E-state index in [9.17, 15) is 4.79 Å². The second-order valence-electron chi connectivity index (χ2n) is 6.18. The van der Waals surface area contributed by atoms with Gasteiger partial charge >= 0.3 is 0 Å². The molecule has 0 aliphatic rings. The lowest BCUT2D eigenvalue weighted by molar-refractivity contribution is 0.102. The Morgan fingerprint density at radius 2 is 1.70 bits per heavy atom. The largest absolute Gasteiger partial charge is 0.494 e. The molecule has 0 fully saturated rings. The average Bonchev–Trinajstić information content (AvgIpc) is 2.63. The molecular weight excluding hydrogens is 340 g/mol. The highest BCUT2D eigenvalue weighted by Gasteiger charge is 2.10. The molecule has 2 N–H and O–H groups in total. The second-order valence-corrected chi connectivity index (χ2v) is 6.18. The van der Waals surface area contributed by atoms with Crippen molar-refractivity contribution in [1.82, 2.24) is 9.97 Å². The zero-order valence-corrected chi connectivity index (χ0v) is 15.6. The monoisotopic (exact) mass is 362 g/mol. The number of carbonyl (C=O) groups is 1. The van der Waals surface area contributed by atoms with Gasteiger partial charge in [0.05, 0.1) is 6.61 Å². The first-order chi connectivity index (χ1) is 13.0. The molecule has 0 atom stereocenters. The van der Waals surface area contributed by atoms with Crippen LogP contribution in [0, 0.1) is 13.8 Å². The predicted octanol–water partition coefficient (Wildman–Crippen LogP) is 4.49. The molecule has 1 amide bonds. The van der Waals surface area contributed by atoms with Crippen LogP contribution >= 0.6 is 0 Å². The van der Waals surface area contributed by atoms with Crippen LogP contribution in [-0.2, 0) is 0 Å². The van der Waals surface area contributed by atoms with E-state index in [1.54, 1.807) is 12.3 Å². The van der Waals surface area contributed by atoms with Crippen molar-refractivity contribution in [3.05, 3.63) is 71.5 Å². The Labute approximate surface area is 158 Å². The number of ether oxygens (including phenoxy) is 1. The molecule has 3 aromatic rings. The lowest BCUT2D eigenvalue weighted by atomic mass is 10.1. The molecule has 0 aliphatic carbocycles. The fourth-order valence-corrected chi connectivity index (χ4v) is 2.72. The van der Waals surface area contributed by atoms with Crippen molar-refractivity contribution in [2.24, 2.45) is 0 Å².